The van der Waals surface area contributed by atoms with E-state index >= 15 is 0 Å². The van der Waals surface area contributed by atoms with Crippen LogP contribution >= 0.6 is 0 Å². The topological polar surface area (TPSA) is 40.5 Å². The van der Waals surface area contributed by atoms with Crippen molar-refractivity contribution in [2.75, 3.05) is 6.61 Å². The molecular formula is C10H20O2. The Kier molecular flexibility index (Phi) is 3.53. The molecule has 2 nitrogen and oxygen atoms in total. The second-order valence-electron chi connectivity index (χ2n) is 4.31. The second kappa shape index (κ2) is 4.24. The first-order valence-corrected chi connectivity index (χ1v) is 4.94. The summed E-state index contributed by atoms with van der Waals surface area (Å²) < 4.78 is 0. The molecule has 0 bridgehead atoms. The molecule has 12 heavy (non-hydrogen) atoms. The fourth-order valence-corrected chi connectivity index (χ4v) is 2.17. The fraction of sp³-hybridized carbons (Fsp3) is 1.00. The SMILES string of the molecule is C[C@@H]1CC[C@@H]([C@H](C)CO)[C@H](O)C1. The van der Waals surface area contributed by atoms with Crippen molar-refractivity contribution in [3.05, 3.63) is 0 Å². The van der Waals surface area contributed by atoms with Gasteiger partial charge < -0.3 is 10.2 Å². The molecule has 72 valence electrons. The zero-order valence-corrected chi connectivity index (χ0v) is 8.03. The highest BCUT2D eigenvalue weighted by molar-refractivity contribution is 4.80. The van der Waals surface area contributed by atoms with E-state index in [0.717, 1.165) is 12.8 Å². The molecule has 1 rings (SSSR count). The van der Waals surface area contributed by atoms with Gasteiger partial charge in [0.15, 0.2) is 0 Å². The fourth-order valence-electron chi connectivity index (χ4n) is 2.17. The average Bonchev–Trinajstić information content (AvgIpc) is 2.03. The second-order valence-corrected chi connectivity index (χ2v) is 4.31. The Balaban J connectivity index is 2.44. The third kappa shape index (κ3) is 2.20. The molecule has 1 saturated carbocycles. The van der Waals surface area contributed by atoms with Crippen molar-refractivity contribution in [1.29, 1.82) is 0 Å². The lowest BCUT2D eigenvalue weighted by molar-refractivity contribution is 0.00804. The van der Waals surface area contributed by atoms with Crippen LogP contribution in [0.3, 0.4) is 0 Å². The van der Waals surface area contributed by atoms with E-state index in [9.17, 15) is 5.11 Å². The minimum Gasteiger partial charge on any atom is -0.396 e. The van der Waals surface area contributed by atoms with Crippen LogP contribution in [-0.4, -0.2) is 22.9 Å². The first-order chi connectivity index (χ1) is 5.65. The van der Waals surface area contributed by atoms with Crippen LogP contribution < -0.4 is 0 Å². The van der Waals surface area contributed by atoms with E-state index < -0.39 is 0 Å². The maximum Gasteiger partial charge on any atom is 0.0574 e. The van der Waals surface area contributed by atoms with Crippen molar-refractivity contribution >= 4 is 0 Å². The largest absolute Gasteiger partial charge is 0.396 e. The maximum atomic E-state index is 9.73. The van der Waals surface area contributed by atoms with Crippen LogP contribution in [0, 0.1) is 17.8 Å². The lowest BCUT2D eigenvalue weighted by atomic mass is 9.75. The first-order valence-electron chi connectivity index (χ1n) is 4.94. The van der Waals surface area contributed by atoms with E-state index in [1.807, 2.05) is 6.92 Å². The van der Waals surface area contributed by atoms with E-state index in [-0.39, 0.29) is 18.6 Å². The van der Waals surface area contributed by atoms with E-state index in [1.54, 1.807) is 0 Å². The van der Waals surface area contributed by atoms with Gasteiger partial charge in [0.05, 0.1) is 6.10 Å². The Morgan fingerprint density at radius 3 is 2.58 bits per heavy atom. The van der Waals surface area contributed by atoms with Gasteiger partial charge in [0.1, 0.15) is 0 Å². The van der Waals surface area contributed by atoms with Gasteiger partial charge in [-0.2, -0.15) is 0 Å². The Morgan fingerprint density at radius 2 is 2.08 bits per heavy atom. The molecule has 0 spiro atoms. The van der Waals surface area contributed by atoms with Crippen molar-refractivity contribution < 1.29 is 10.2 Å². The van der Waals surface area contributed by atoms with Crippen LogP contribution in [0.5, 0.6) is 0 Å². The summed E-state index contributed by atoms with van der Waals surface area (Å²) in [5.41, 5.74) is 0. The maximum absolute atomic E-state index is 9.73. The average molecular weight is 172 g/mol. The minimum atomic E-state index is -0.184. The van der Waals surface area contributed by atoms with Gasteiger partial charge in [0.25, 0.3) is 0 Å². The van der Waals surface area contributed by atoms with Gasteiger partial charge >= 0.3 is 0 Å². The predicted molar refractivity (Wildman–Crippen MR) is 48.8 cm³/mol. The highest BCUT2D eigenvalue weighted by Gasteiger charge is 2.30. The van der Waals surface area contributed by atoms with Crippen LogP contribution in [-0.2, 0) is 0 Å². The van der Waals surface area contributed by atoms with Gasteiger partial charge in [-0.1, -0.05) is 20.3 Å². The lowest BCUT2D eigenvalue weighted by Crippen LogP contribution is -2.34. The zero-order chi connectivity index (χ0) is 9.14. The van der Waals surface area contributed by atoms with Crippen molar-refractivity contribution in [2.45, 2.75) is 39.2 Å². The zero-order valence-electron chi connectivity index (χ0n) is 8.03. The molecule has 0 saturated heterocycles. The van der Waals surface area contributed by atoms with Gasteiger partial charge in [-0.15, -0.1) is 0 Å². The van der Waals surface area contributed by atoms with Crippen LogP contribution in [0.2, 0.25) is 0 Å². The third-order valence-corrected chi connectivity index (χ3v) is 3.15. The third-order valence-electron chi connectivity index (χ3n) is 3.15. The quantitative estimate of drug-likeness (QED) is 0.661. The molecule has 1 fully saturated rings. The molecular weight excluding hydrogens is 152 g/mol. The Morgan fingerprint density at radius 1 is 1.42 bits per heavy atom. The molecule has 2 N–H and O–H groups in total. The Hall–Kier alpha value is -0.0800. The van der Waals surface area contributed by atoms with Gasteiger partial charge in [0, 0.05) is 6.61 Å². The summed E-state index contributed by atoms with van der Waals surface area (Å²) in [5, 5.41) is 18.7. The molecule has 0 unspecified atom stereocenters. The molecule has 0 aliphatic heterocycles. The van der Waals surface area contributed by atoms with E-state index in [4.69, 9.17) is 5.11 Å². The van der Waals surface area contributed by atoms with Gasteiger partial charge in [-0.3, -0.25) is 0 Å². The lowest BCUT2D eigenvalue weighted by Gasteiger charge is -2.34. The first kappa shape index (κ1) is 10.0. The van der Waals surface area contributed by atoms with E-state index in [0.29, 0.717) is 11.8 Å². The van der Waals surface area contributed by atoms with Crippen LogP contribution in [0.25, 0.3) is 0 Å². The number of hydrogen-bond donors (Lipinski definition) is 2. The summed E-state index contributed by atoms with van der Waals surface area (Å²) in [7, 11) is 0. The molecule has 2 heteroatoms. The molecule has 0 radical (unpaired) electrons. The summed E-state index contributed by atoms with van der Waals surface area (Å²) in [6.07, 6.45) is 3.00. The smallest absolute Gasteiger partial charge is 0.0574 e. The highest BCUT2D eigenvalue weighted by atomic mass is 16.3. The molecule has 0 aromatic carbocycles. The van der Waals surface area contributed by atoms with Crippen molar-refractivity contribution in [1.82, 2.24) is 0 Å². The summed E-state index contributed by atoms with van der Waals surface area (Å²) in [4.78, 5) is 0. The predicted octanol–water partition coefficient (Wildman–Crippen LogP) is 1.41. The normalized spacial score (nSPS) is 39.5. The molecule has 1 aliphatic rings. The Labute approximate surface area is 74.6 Å². The van der Waals surface area contributed by atoms with Crippen molar-refractivity contribution in [2.24, 2.45) is 17.8 Å². The highest BCUT2D eigenvalue weighted by Crippen LogP contribution is 2.33. The summed E-state index contributed by atoms with van der Waals surface area (Å²) in [5.74, 6) is 1.24. The molecule has 0 aromatic rings. The summed E-state index contributed by atoms with van der Waals surface area (Å²) in [6.45, 7) is 4.41. The van der Waals surface area contributed by atoms with Crippen molar-refractivity contribution in [3.8, 4) is 0 Å². The Bertz CT molecular complexity index is 136. The summed E-state index contributed by atoms with van der Waals surface area (Å²) >= 11 is 0. The molecule has 0 aromatic heterocycles. The van der Waals surface area contributed by atoms with Crippen LogP contribution in [0.15, 0.2) is 0 Å². The molecule has 4 atom stereocenters. The number of aliphatic hydroxyl groups is 2. The number of hydrogen-bond acceptors (Lipinski definition) is 2. The molecule has 1 aliphatic carbocycles. The molecule has 0 heterocycles. The monoisotopic (exact) mass is 172 g/mol. The number of rotatable bonds is 2. The van der Waals surface area contributed by atoms with E-state index in [2.05, 4.69) is 6.92 Å². The summed E-state index contributed by atoms with van der Waals surface area (Å²) in [6, 6.07) is 0. The minimum absolute atomic E-state index is 0.184. The molecule has 0 amide bonds. The van der Waals surface area contributed by atoms with Crippen molar-refractivity contribution in [3.63, 3.8) is 0 Å². The number of aliphatic hydroxyl groups excluding tert-OH is 2. The van der Waals surface area contributed by atoms with Gasteiger partial charge in [-0.05, 0) is 30.6 Å². The van der Waals surface area contributed by atoms with Gasteiger partial charge in [0.2, 0.25) is 0 Å². The van der Waals surface area contributed by atoms with Gasteiger partial charge in [-0.25, -0.2) is 0 Å². The van der Waals surface area contributed by atoms with E-state index in [1.165, 1.54) is 6.42 Å². The standard InChI is InChI=1S/C10H20O2/c1-7-3-4-9(8(2)6-11)10(12)5-7/h7-12H,3-6H2,1-2H3/t7-,8-,9+,10-/m1/s1. The van der Waals surface area contributed by atoms with Crippen LogP contribution in [0.4, 0.5) is 0 Å². The van der Waals surface area contributed by atoms with Crippen LogP contribution in [0.1, 0.15) is 33.1 Å².